The van der Waals surface area contributed by atoms with Gasteiger partial charge in [-0.1, -0.05) is 49.0 Å². The first-order valence-electron chi connectivity index (χ1n) is 7.89. The van der Waals surface area contributed by atoms with Gasteiger partial charge in [-0.25, -0.2) is 0 Å². The molecule has 0 radical (unpaired) electrons. The minimum atomic E-state index is 0.288. The first-order chi connectivity index (χ1) is 10.1. The Balaban J connectivity index is 2.11. The van der Waals surface area contributed by atoms with Crippen molar-refractivity contribution in [3.8, 4) is 5.75 Å². The average Bonchev–Trinajstić information content (AvgIpc) is 2.83. The van der Waals surface area contributed by atoms with Gasteiger partial charge in [-0.3, -0.25) is 0 Å². The lowest BCUT2D eigenvalue weighted by Crippen LogP contribution is -2.22. The Labute approximate surface area is 137 Å². The van der Waals surface area contributed by atoms with Crippen LogP contribution in [0.5, 0.6) is 5.75 Å². The van der Waals surface area contributed by atoms with Gasteiger partial charge in [-0.15, -0.1) is 0 Å². The summed E-state index contributed by atoms with van der Waals surface area (Å²) in [6, 6.07) is 2.09. The molecule has 1 aromatic carbocycles. The third-order valence-electron chi connectivity index (χ3n) is 5.06. The van der Waals surface area contributed by atoms with Gasteiger partial charge in [0.1, 0.15) is 10.8 Å². The molecule has 0 heterocycles. The number of ether oxygens (including phenoxy) is 1. The van der Waals surface area contributed by atoms with Crippen LogP contribution in [0.2, 0.25) is 10.0 Å². The lowest BCUT2D eigenvalue weighted by atomic mass is 9.70. The molecule has 2 aliphatic carbocycles. The molecule has 0 saturated carbocycles. The SMILES string of the molecule is CCCCC12CCCC=C1c1c(cc(OC)c(Cl)c1Cl)C2. The second kappa shape index (κ2) is 5.85. The van der Waals surface area contributed by atoms with E-state index in [9.17, 15) is 0 Å². The van der Waals surface area contributed by atoms with Crippen molar-refractivity contribution >= 4 is 28.8 Å². The van der Waals surface area contributed by atoms with Crippen LogP contribution < -0.4 is 4.74 Å². The maximum Gasteiger partial charge on any atom is 0.139 e. The molecule has 1 nitrogen and oxygen atoms in total. The molecule has 114 valence electrons. The van der Waals surface area contributed by atoms with Gasteiger partial charge in [0.05, 0.1) is 12.1 Å². The van der Waals surface area contributed by atoms with E-state index in [1.54, 1.807) is 7.11 Å². The summed E-state index contributed by atoms with van der Waals surface area (Å²) in [6.45, 7) is 2.26. The van der Waals surface area contributed by atoms with Crippen LogP contribution in [0.1, 0.15) is 56.6 Å². The quantitative estimate of drug-likeness (QED) is 0.631. The highest BCUT2D eigenvalue weighted by atomic mass is 35.5. The standard InChI is InChI=1S/C18H22Cl2O/c1-3-4-8-18-9-6-5-7-13(18)15-12(11-18)10-14(21-2)16(19)17(15)20/h7,10H,3-6,8-9,11H2,1-2H3. The highest BCUT2D eigenvalue weighted by Gasteiger charge is 2.43. The van der Waals surface area contributed by atoms with E-state index in [1.165, 1.54) is 48.8 Å². The number of hydrogen-bond acceptors (Lipinski definition) is 1. The Hall–Kier alpha value is -0.660. The topological polar surface area (TPSA) is 9.23 Å². The fourth-order valence-corrected chi connectivity index (χ4v) is 4.59. The van der Waals surface area contributed by atoms with E-state index < -0.39 is 0 Å². The first kappa shape index (κ1) is 15.2. The second-order valence-corrected chi connectivity index (χ2v) is 7.07. The molecule has 0 amide bonds. The molecular weight excluding hydrogens is 303 g/mol. The fraction of sp³-hybridized carbons (Fsp3) is 0.556. The van der Waals surface area contributed by atoms with Gasteiger partial charge in [0.2, 0.25) is 0 Å². The zero-order valence-corrected chi connectivity index (χ0v) is 14.3. The molecule has 0 fully saturated rings. The van der Waals surface area contributed by atoms with E-state index in [0.717, 1.165) is 12.8 Å². The molecule has 1 unspecified atom stereocenters. The zero-order valence-electron chi connectivity index (χ0n) is 12.8. The Morgan fingerprint density at radius 2 is 2.10 bits per heavy atom. The van der Waals surface area contributed by atoms with Gasteiger partial charge in [0.25, 0.3) is 0 Å². The van der Waals surface area contributed by atoms with E-state index in [2.05, 4.69) is 19.1 Å². The van der Waals surface area contributed by atoms with Crippen LogP contribution in [-0.4, -0.2) is 7.11 Å². The van der Waals surface area contributed by atoms with Crippen molar-refractivity contribution in [2.45, 2.75) is 51.9 Å². The molecule has 0 saturated heterocycles. The van der Waals surface area contributed by atoms with Crippen molar-refractivity contribution in [2.24, 2.45) is 5.41 Å². The monoisotopic (exact) mass is 324 g/mol. The van der Waals surface area contributed by atoms with Crippen molar-refractivity contribution in [3.05, 3.63) is 33.3 Å². The zero-order chi connectivity index (χ0) is 15.0. The summed E-state index contributed by atoms with van der Waals surface area (Å²) in [5.41, 5.74) is 4.24. The number of methoxy groups -OCH3 is 1. The van der Waals surface area contributed by atoms with E-state index in [-0.39, 0.29) is 5.41 Å². The van der Waals surface area contributed by atoms with Crippen LogP contribution in [0, 0.1) is 5.41 Å². The normalized spacial score (nSPS) is 23.5. The highest BCUT2D eigenvalue weighted by Crippen LogP contribution is 2.58. The smallest absolute Gasteiger partial charge is 0.139 e. The van der Waals surface area contributed by atoms with Crippen molar-refractivity contribution in [3.63, 3.8) is 0 Å². The van der Waals surface area contributed by atoms with Crippen molar-refractivity contribution in [1.29, 1.82) is 0 Å². The van der Waals surface area contributed by atoms with Crippen LogP contribution in [0.25, 0.3) is 5.57 Å². The predicted molar refractivity (Wildman–Crippen MR) is 90.5 cm³/mol. The van der Waals surface area contributed by atoms with Crippen molar-refractivity contribution < 1.29 is 4.74 Å². The summed E-state index contributed by atoms with van der Waals surface area (Å²) < 4.78 is 5.38. The lowest BCUT2D eigenvalue weighted by Gasteiger charge is -2.34. The van der Waals surface area contributed by atoms with Crippen LogP contribution in [-0.2, 0) is 6.42 Å². The van der Waals surface area contributed by atoms with E-state index >= 15 is 0 Å². The first-order valence-corrected chi connectivity index (χ1v) is 8.64. The van der Waals surface area contributed by atoms with Gasteiger partial charge < -0.3 is 4.74 Å². The Bertz CT molecular complexity index is 591. The minimum Gasteiger partial charge on any atom is -0.495 e. The van der Waals surface area contributed by atoms with Gasteiger partial charge in [0, 0.05) is 5.56 Å². The molecule has 2 aliphatic rings. The van der Waals surface area contributed by atoms with Gasteiger partial charge >= 0.3 is 0 Å². The third-order valence-corrected chi connectivity index (χ3v) is 5.91. The Kier molecular flexibility index (Phi) is 4.25. The molecule has 1 aromatic rings. The molecule has 3 rings (SSSR count). The maximum absolute atomic E-state index is 6.59. The summed E-state index contributed by atoms with van der Waals surface area (Å²) >= 11 is 13.0. The summed E-state index contributed by atoms with van der Waals surface area (Å²) in [5, 5.41) is 1.23. The number of unbranched alkanes of at least 4 members (excludes halogenated alkanes) is 1. The van der Waals surface area contributed by atoms with Crippen molar-refractivity contribution in [1.82, 2.24) is 0 Å². The van der Waals surface area contributed by atoms with Crippen LogP contribution >= 0.6 is 23.2 Å². The molecule has 3 heteroatoms. The minimum absolute atomic E-state index is 0.288. The predicted octanol–water partition coefficient (Wildman–Crippen LogP) is 6.30. The second-order valence-electron chi connectivity index (χ2n) is 6.31. The average molecular weight is 325 g/mol. The Morgan fingerprint density at radius 1 is 1.29 bits per heavy atom. The summed E-state index contributed by atoms with van der Waals surface area (Å²) in [5.74, 6) is 0.699. The molecule has 1 atom stereocenters. The van der Waals surface area contributed by atoms with Crippen LogP contribution in [0.4, 0.5) is 0 Å². The largest absolute Gasteiger partial charge is 0.495 e. The fourth-order valence-electron chi connectivity index (χ4n) is 4.05. The van der Waals surface area contributed by atoms with Crippen LogP contribution in [0.15, 0.2) is 12.1 Å². The lowest BCUT2D eigenvalue weighted by molar-refractivity contribution is 0.319. The maximum atomic E-state index is 6.59. The molecular formula is C18H22Cl2O. The third kappa shape index (κ3) is 2.39. The molecule has 21 heavy (non-hydrogen) atoms. The van der Waals surface area contributed by atoms with Crippen molar-refractivity contribution in [2.75, 3.05) is 7.11 Å². The summed E-state index contributed by atoms with van der Waals surface area (Å²) in [4.78, 5) is 0. The highest BCUT2D eigenvalue weighted by molar-refractivity contribution is 6.44. The number of halogens is 2. The number of hydrogen-bond donors (Lipinski definition) is 0. The van der Waals surface area contributed by atoms with E-state index in [4.69, 9.17) is 27.9 Å². The number of fused-ring (bicyclic) bond motifs is 3. The van der Waals surface area contributed by atoms with Gasteiger partial charge in [-0.05, 0) is 54.7 Å². The summed E-state index contributed by atoms with van der Waals surface area (Å²) in [7, 11) is 1.65. The van der Waals surface area contributed by atoms with E-state index in [1.807, 2.05) is 0 Å². The van der Waals surface area contributed by atoms with E-state index in [0.29, 0.717) is 15.8 Å². The number of allylic oxidation sites excluding steroid dienone is 2. The molecule has 0 spiro atoms. The molecule has 0 bridgehead atoms. The van der Waals surface area contributed by atoms with Crippen LogP contribution in [0.3, 0.4) is 0 Å². The number of benzene rings is 1. The number of rotatable bonds is 4. The van der Waals surface area contributed by atoms with Gasteiger partial charge in [-0.2, -0.15) is 0 Å². The molecule has 0 aliphatic heterocycles. The Morgan fingerprint density at radius 3 is 2.81 bits per heavy atom. The summed E-state index contributed by atoms with van der Waals surface area (Å²) in [6.07, 6.45) is 11.0. The van der Waals surface area contributed by atoms with Gasteiger partial charge in [0.15, 0.2) is 0 Å². The molecule has 0 aromatic heterocycles. The molecule has 0 N–H and O–H groups in total.